The van der Waals surface area contributed by atoms with Crippen molar-refractivity contribution in [1.82, 2.24) is 0 Å². The zero-order valence-electron chi connectivity index (χ0n) is 10.6. The van der Waals surface area contributed by atoms with Gasteiger partial charge in [-0.2, -0.15) is 0 Å². The highest BCUT2D eigenvalue weighted by Gasteiger charge is 2.18. The van der Waals surface area contributed by atoms with Gasteiger partial charge in [-0.15, -0.1) is 0 Å². The fraction of sp³-hybridized carbons (Fsp3) is 0.0769. The molecule has 0 heterocycles. The van der Waals surface area contributed by atoms with Gasteiger partial charge in [-0.25, -0.2) is 17.2 Å². The predicted molar refractivity (Wildman–Crippen MR) is 76.5 cm³/mol. The molecule has 0 aliphatic carbocycles. The van der Waals surface area contributed by atoms with Crippen LogP contribution in [0.1, 0.15) is 5.56 Å². The standard InChI is InChI=1S/C13H11ClF2N2O2S/c14-9-1-3-12(16)13(6-9)18-21(19,20)10-2-4-11(15)8(5-10)7-17/h1-6,18H,7,17H2. The lowest BCUT2D eigenvalue weighted by molar-refractivity contribution is 0.594. The van der Waals surface area contributed by atoms with Gasteiger partial charge in [0.2, 0.25) is 0 Å². The number of nitrogens with two attached hydrogens (primary N) is 1. The average Bonchev–Trinajstić information content (AvgIpc) is 2.43. The number of nitrogens with one attached hydrogen (secondary N) is 1. The highest BCUT2D eigenvalue weighted by molar-refractivity contribution is 7.92. The number of rotatable bonds is 4. The molecule has 0 aliphatic heterocycles. The van der Waals surface area contributed by atoms with E-state index in [0.717, 1.165) is 30.3 Å². The number of benzene rings is 2. The molecule has 0 saturated heterocycles. The first-order valence-electron chi connectivity index (χ1n) is 5.80. The predicted octanol–water partition coefficient (Wildman–Crippen LogP) is 2.88. The highest BCUT2D eigenvalue weighted by Crippen LogP contribution is 2.23. The Bertz CT molecular complexity index is 782. The maximum absolute atomic E-state index is 13.6. The first-order valence-corrected chi connectivity index (χ1v) is 7.66. The molecule has 2 aromatic rings. The lowest BCUT2D eigenvalue weighted by Crippen LogP contribution is -2.15. The Labute approximate surface area is 125 Å². The van der Waals surface area contributed by atoms with Crippen LogP contribution in [0, 0.1) is 11.6 Å². The van der Waals surface area contributed by atoms with E-state index >= 15 is 0 Å². The van der Waals surface area contributed by atoms with Gasteiger partial charge >= 0.3 is 0 Å². The van der Waals surface area contributed by atoms with Crippen LogP contribution in [0.4, 0.5) is 14.5 Å². The van der Waals surface area contributed by atoms with Crippen LogP contribution < -0.4 is 10.5 Å². The van der Waals surface area contributed by atoms with Crippen LogP contribution in [0.15, 0.2) is 41.3 Å². The van der Waals surface area contributed by atoms with Crippen LogP contribution in [-0.2, 0) is 16.6 Å². The molecule has 0 bridgehead atoms. The van der Waals surface area contributed by atoms with Gasteiger partial charge < -0.3 is 5.73 Å². The number of hydrogen-bond donors (Lipinski definition) is 2. The van der Waals surface area contributed by atoms with Crippen LogP contribution >= 0.6 is 11.6 Å². The van der Waals surface area contributed by atoms with E-state index in [9.17, 15) is 17.2 Å². The normalized spacial score (nSPS) is 11.4. The first-order chi connectivity index (χ1) is 9.83. The summed E-state index contributed by atoms with van der Waals surface area (Å²) < 4.78 is 53.3. The van der Waals surface area contributed by atoms with Crippen LogP contribution in [-0.4, -0.2) is 8.42 Å². The van der Waals surface area contributed by atoms with Gasteiger partial charge in [0, 0.05) is 17.1 Å². The molecule has 3 N–H and O–H groups in total. The van der Waals surface area contributed by atoms with Crippen molar-refractivity contribution in [2.75, 3.05) is 4.72 Å². The Morgan fingerprint density at radius 2 is 1.76 bits per heavy atom. The van der Waals surface area contributed by atoms with Crippen LogP contribution in [0.5, 0.6) is 0 Å². The third-order valence-corrected chi connectivity index (χ3v) is 4.32. The van der Waals surface area contributed by atoms with Crippen molar-refractivity contribution in [3.05, 3.63) is 58.6 Å². The quantitative estimate of drug-likeness (QED) is 0.904. The zero-order valence-corrected chi connectivity index (χ0v) is 12.2. The Morgan fingerprint density at radius 1 is 1.10 bits per heavy atom. The number of sulfonamides is 1. The molecular formula is C13H11ClF2N2O2S. The Balaban J connectivity index is 2.41. The molecule has 0 atom stereocenters. The summed E-state index contributed by atoms with van der Waals surface area (Å²) in [5.41, 5.74) is 5.08. The molecule has 0 unspecified atom stereocenters. The molecule has 0 aliphatic rings. The molecule has 8 heteroatoms. The molecule has 0 radical (unpaired) electrons. The van der Waals surface area contributed by atoms with Crippen molar-refractivity contribution in [2.45, 2.75) is 11.4 Å². The van der Waals surface area contributed by atoms with E-state index in [2.05, 4.69) is 4.72 Å². The van der Waals surface area contributed by atoms with E-state index in [-0.39, 0.29) is 27.7 Å². The fourth-order valence-corrected chi connectivity index (χ4v) is 2.93. The molecule has 0 amide bonds. The minimum atomic E-state index is -4.07. The summed E-state index contributed by atoms with van der Waals surface area (Å²) in [4.78, 5) is -0.219. The van der Waals surface area contributed by atoms with Crippen molar-refractivity contribution < 1.29 is 17.2 Å². The van der Waals surface area contributed by atoms with Gasteiger partial charge in [0.25, 0.3) is 10.0 Å². The van der Waals surface area contributed by atoms with E-state index < -0.39 is 21.7 Å². The summed E-state index contributed by atoms with van der Waals surface area (Å²) >= 11 is 5.69. The van der Waals surface area contributed by atoms with E-state index in [0.29, 0.717) is 0 Å². The van der Waals surface area contributed by atoms with E-state index in [4.69, 9.17) is 17.3 Å². The Kier molecular flexibility index (Phi) is 4.46. The van der Waals surface area contributed by atoms with Crippen molar-refractivity contribution >= 4 is 27.3 Å². The second-order valence-corrected chi connectivity index (χ2v) is 6.31. The molecule has 0 aromatic heterocycles. The molecule has 2 aromatic carbocycles. The smallest absolute Gasteiger partial charge is 0.262 e. The second-order valence-electron chi connectivity index (χ2n) is 4.19. The molecule has 0 fully saturated rings. The molecule has 112 valence electrons. The summed E-state index contributed by atoms with van der Waals surface area (Å²) in [6.07, 6.45) is 0. The first kappa shape index (κ1) is 15.7. The Hall–Kier alpha value is -1.70. The summed E-state index contributed by atoms with van der Waals surface area (Å²) in [6, 6.07) is 6.63. The minimum absolute atomic E-state index is 0.0458. The molecular weight excluding hydrogens is 322 g/mol. The van der Waals surface area contributed by atoms with Crippen molar-refractivity contribution in [3.8, 4) is 0 Å². The van der Waals surface area contributed by atoms with Crippen molar-refractivity contribution in [2.24, 2.45) is 5.73 Å². The van der Waals surface area contributed by atoms with Gasteiger partial charge in [0.1, 0.15) is 11.6 Å². The zero-order chi connectivity index (χ0) is 15.6. The van der Waals surface area contributed by atoms with E-state index in [1.807, 2.05) is 0 Å². The summed E-state index contributed by atoms with van der Waals surface area (Å²) in [7, 11) is -4.07. The molecule has 0 spiro atoms. The Morgan fingerprint density at radius 3 is 2.43 bits per heavy atom. The minimum Gasteiger partial charge on any atom is -0.326 e. The highest BCUT2D eigenvalue weighted by atomic mass is 35.5. The third-order valence-electron chi connectivity index (χ3n) is 2.72. The third kappa shape index (κ3) is 3.49. The van der Waals surface area contributed by atoms with Gasteiger partial charge in [-0.1, -0.05) is 11.6 Å². The van der Waals surface area contributed by atoms with Gasteiger partial charge in [0.15, 0.2) is 0 Å². The number of anilines is 1. The number of halogens is 3. The topological polar surface area (TPSA) is 72.2 Å². The van der Waals surface area contributed by atoms with Crippen molar-refractivity contribution in [3.63, 3.8) is 0 Å². The number of hydrogen-bond acceptors (Lipinski definition) is 3. The van der Waals surface area contributed by atoms with Gasteiger partial charge in [-0.3, -0.25) is 4.72 Å². The van der Waals surface area contributed by atoms with Gasteiger partial charge in [-0.05, 0) is 36.4 Å². The monoisotopic (exact) mass is 332 g/mol. The molecule has 21 heavy (non-hydrogen) atoms. The van der Waals surface area contributed by atoms with E-state index in [1.54, 1.807) is 0 Å². The molecule has 4 nitrogen and oxygen atoms in total. The molecule has 2 rings (SSSR count). The average molecular weight is 333 g/mol. The lowest BCUT2D eigenvalue weighted by atomic mass is 10.2. The largest absolute Gasteiger partial charge is 0.326 e. The lowest BCUT2D eigenvalue weighted by Gasteiger charge is -2.10. The SMILES string of the molecule is NCc1cc(S(=O)(=O)Nc2cc(Cl)ccc2F)ccc1F. The second kappa shape index (κ2) is 5.97. The fourth-order valence-electron chi connectivity index (χ4n) is 1.65. The summed E-state index contributed by atoms with van der Waals surface area (Å²) in [6.45, 7) is -0.152. The van der Waals surface area contributed by atoms with Gasteiger partial charge in [0.05, 0.1) is 10.6 Å². The van der Waals surface area contributed by atoms with Crippen LogP contribution in [0.3, 0.4) is 0 Å². The van der Waals surface area contributed by atoms with E-state index in [1.165, 1.54) is 6.07 Å². The maximum Gasteiger partial charge on any atom is 0.262 e. The van der Waals surface area contributed by atoms with Crippen molar-refractivity contribution in [1.29, 1.82) is 0 Å². The van der Waals surface area contributed by atoms with Crippen LogP contribution in [0.25, 0.3) is 0 Å². The summed E-state index contributed by atoms with van der Waals surface area (Å²) in [5.74, 6) is -1.38. The maximum atomic E-state index is 13.6. The molecule has 0 saturated carbocycles. The summed E-state index contributed by atoms with van der Waals surface area (Å²) in [5, 5.41) is 0.177. The van der Waals surface area contributed by atoms with Crippen LogP contribution in [0.2, 0.25) is 5.02 Å².